The lowest BCUT2D eigenvalue weighted by Gasteiger charge is -2.57. The van der Waals surface area contributed by atoms with Gasteiger partial charge in [0.2, 0.25) is 5.91 Å². The van der Waals surface area contributed by atoms with Crippen LogP contribution in [0.2, 0.25) is 15.1 Å². The van der Waals surface area contributed by atoms with E-state index in [1.54, 1.807) is 25.1 Å². The van der Waals surface area contributed by atoms with Crippen LogP contribution in [0.5, 0.6) is 17.2 Å². The largest absolute Gasteiger partial charge is 0.490 e. The topological polar surface area (TPSA) is 188 Å². The molecule has 146 heavy (non-hydrogen) atoms. The molecule has 12 bridgehead atoms. The highest BCUT2D eigenvalue weighted by atomic mass is 35.5. The molecule has 3 spiro atoms. The molecule has 6 aromatic rings. The number of rotatable bonds is 9. The van der Waals surface area contributed by atoms with Gasteiger partial charge in [0.15, 0.2) is 0 Å². The van der Waals surface area contributed by atoms with Gasteiger partial charge in [0.1, 0.15) is 45.9 Å². The van der Waals surface area contributed by atoms with Crippen LogP contribution in [-0.2, 0) is 59.2 Å². The van der Waals surface area contributed by atoms with Gasteiger partial charge in [-0.15, -0.1) is 0 Å². The number of carbonyl (C=O) groups excluding carboxylic acids is 4. The Morgan fingerprint density at radius 3 is 1.20 bits per heavy atom. The van der Waals surface area contributed by atoms with Gasteiger partial charge in [-0.25, -0.2) is 13.2 Å². The number of hydrogen-bond acceptors (Lipinski definition) is 16. The molecule has 11 heterocycles. The third-order valence-electron chi connectivity index (χ3n) is 40.1. The lowest BCUT2D eigenvalue weighted by molar-refractivity contribution is -0.138. The van der Waals surface area contributed by atoms with Crippen LogP contribution >= 0.6 is 34.8 Å². The number of methoxy groups -OCH3 is 3. The summed E-state index contributed by atoms with van der Waals surface area (Å²) in [6.45, 7) is 32.4. The molecule has 2 saturated heterocycles. The lowest BCUT2D eigenvalue weighted by Crippen LogP contribution is -2.64. The Kier molecular flexibility index (Phi) is 29.5. The molecule has 26 heteroatoms. The van der Waals surface area contributed by atoms with E-state index < -0.39 is 16.4 Å². The first-order chi connectivity index (χ1) is 70.3. The van der Waals surface area contributed by atoms with E-state index in [1.165, 1.54) is 16.7 Å². The van der Waals surface area contributed by atoms with Crippen LogP contribution in [0.3, 0.4) is 0 Å². The van der Waals surface area contributed by atoms with Crippen molar-refractivity contribution in [2.24, 2.45) is 88.8 Å². The summed E-state index contributed by atoms with van der Waals surface area (Å²) in [7, 11) is 7.57. The number of halogens is 6. The van der Waals surface area contributed by atoms with Gasteiger partial charge >= 0.3 is 0 Å². The molecule has 22 atom stereocenters. The van der Waals surface area contributed by atoms with Gasteiger partial charge in [-0.1, -0.05) is 126 Å². The highest BCUT2D eigenvalue weighted by molar-refractivity contribution is 6.31. The number of morpholine rings is 1. The van der Waals surface area contributed by atoms with E-state index in [0.29, 0.717) is 184 Å². The predicted molar refractivity (Wildman–Crippen MR) is 570 cm³/mol. The van der Waals surface area contributed by atoms with Gasteiger partial charge in [0.05, 0.1) is 77.3 Å². The van der Waals surface area contributed by atoms with Crippen molar-refractivity contribution in [3.8, 4) is 17.2 Å². The van der Waals surface area contributed by atoms with Crippen LogP contribution < -0.4 is 44.9 Å². The molecule has 6 aromatic carbocycles. The Bertz CT molecular complexity index is 6060. The van der Waals surface area contributed by atoms with E-state index in [-0.39, 0.29) is 90.5 Å². The molecule has 0 aromatic heterocycles. The Hall–Kier alpha value is -8.36. The number of anilines is 3. The number of nitrogens with one attached hydrogen (secondary N) is 3. The molecule has 20 nitrogen and oxygen atoms in total. The second kappa shape index (κ2) is 41.7. The maximum atomic E-state index is 15.6. The fourth-order valence-electron chi connectivity index (χ4n) is 29.9. The Morgan fingerprint density at radius 1 is 0.479 bits per heavy atom. The van der Waals surface area contributed by atoms with Crippen molar-refractivity contribution in [2.75, 3.05) is 174 Å². The zero-order valence-corrected chi connectivity index (χ0v) is 90.1. The number of fused-ring (bicyclic) bond motifs is 19. The van der Waals surface area contributed by atoms with Gasteiger partial charge < -0.3 is 68.7 Å². The number of likely N-dealkylation sites (N-methyl/N-ethyl adjacent to an activating group) is 1. The van der Waals surface area contributed by atoms with Crippen LogP contribution in [0.15, 0.2) is 126 Å². The van der Waals surface area contributed by atoms with Crippen molar-refractivity contribution < 1.29 is 65.5 Å². The second-order valence-corrected chi connectivity index (χ2v) is 48.9. The Labute approximate surface area is 877 Å². The molecule has 5 fully saturated rings. The number of ether oxygens (including phenoxy) is 7. The predicted octanol–water partition coefficient (Wildman–Crippen LogP) is 21.3. The summed E-state index contributed by atoms with van der Waals surface area (Å²) < 4.78 is 92.6. The molecule has 0 unspecified atom stereocenters. The third kappa shape index (κ3) is 18.7. The molecule has 786 valence electrons. The first-order valence-corrected chi connectivity index (χ1v) is 56.3. The maximum Gasteiger partial charge on any atom is 0.251 e. The van der Waals surface area contributed by atoms with Crippen molar-refractivity contribution in [1.82, 2.24) is 30.7 Å². The number of nitrogens with zero attached hydrogens (tertiary/aromatic N) is 6. The maximum absolute atomic E-state index is 15.6. The van der Waals surface area contributed by atoms with E-state index in [9.17, 15) is 19.2 Å². The van der Waals surface area contributed by atoms with Crippen LogP contribution in [0, 0.1) is 106 Å². The van der Waals surface area contributed by atoms with Crippen LogP contribution in [-0.4, -0.2) is 221 Å². The minimum Gasteiger partial charge on any atom is -0.490 e. The van der Waals surface area contributed by atoms with Crippen molar-refractivity contribution in [2.45, 2.75) is 223 Å². The highest BCUT2D eigenvalue weighted by Gasteiger charge is 2.60. The zero-order valence-electron chi connectivity index (χ0n) is 87.9. The van der Waals surface area contributed by atoms with E-state index in [4.69, 9.17) is 68.0 Å². The molecule has 4 amide bonds. The number of piperazine rings is 1. The standard InChI is InChI=1S/C43H56ClFN4O4.C39H49ClFN3O4.C38H48ClFN2O3/c1-27-20-46-41(50)29-7-11-39-38(19-29)49(24-42(26-53-39)12-4-5-34-36(42)9-10-37(44)40(34)45)21-30-6-8-35(30)43(51-3,32-17-31(18-32)28(27)2)25-47-13-14-48-15-16-52-23-33(48)22-47;1-23-18-42-37(46)26-9-13-35-34(17-26)44(20-38(22-48-35)14-6-7-30-32(38)11-12-33(40)36(30)41)19-27-8-10-31(27)39(47-5,21-43(4)25(3)45)29-15-28(16-29)24(23)2;1-5-14-38(44-4)28-16-27(17-28)24(3)23(2)19-41-36(43)25-9-13-34-33(18-25)42(20-26-8-10-30(26)38)21-37(22-45-34)15-6-7-29-31(37)11-12-32(39)35(29)40/h7,9-11,17,19,27-28,30-31,33,35H,4-6,8,12-16,18,20-26H2,1-3H3,(H,46,50);9,11-13,15,17,23-24,27-28,31H,6-8,10,14,16,18-22H2,1-5H3,(H,42,46);9,11-13,16,18,23-24,26-27,30H,5-8,10,14-15,17,19-22H2,1-4H3,(H,41,43)/t27-,28+,30-,31-,33-,35+,42-,43-;23-,24+,27-,28-,31+,38-,39-;23-,24+,26-,27-,30+,37-,38-/m000/s1. The van der Waals surface area contributed by atoms with E-state index >= 15 is 13.2 Å². The van der Waals surface area contributed by atoms with Gasteiger partial charge in [-0.05, 0) is 334 Å². The smallest absolute Gasteiger partial charge is 0.251 e. The quantitative estimate of drug-likeness (QED) is 0.116. The number of benzene rings is 6. The third-order valence-corrected chi connectivity index (χ3v) is 40.9. The molecule has 9 aliphatic carbocycles. The van der Waals surface area contributed by atoms with E-state index in [2.05, 4.69) is 107 Å². The summed E-state index contributed by atoms with van der Waals surface area (Å²) in [5.74, 6) is 6.96. The summed E-state index contributed by atoms with van der Waals surface area (Å²) in [6.07, 6.45) is 26.5. The van der Waals surface area contributed by atoms with Gasteiger partial charge in [0.25, 0.3) is 17.7 Å². The average Bonchev–Trinajstić information content (AvgIpc) is 1.65. The summed E-state index contributed by atoms with van der Waals surface area (Å²) in [5, 5.41) is 10.2. The van der Waals surface area contributed by atoms with Crippen molar-refractivity contribution in [1.29, 1.82) is 0 Å². The number of hydrogen-bond donors (Lipinski definition) is 3. The number of carbonyl (C=O) groups is 4. The molecule has 20 aliphatic rings. The zero-order chi connectivity index (χ0) is 102. The van der Waals surface area contributed by atoms with Crippen LogP contribution in [0.25, 0.3) is 0 Å². The first-order valence-electron chi connectivity index (χ1n) is 55.2. The van der Waals surface area contributed by atoms with E-state index in [1.807, 2.05) is 106 Å². The Morgan fingerprint density at radius 2 is 0.842 bits per heavy atom. The van der Waals surface area contributed by atoms with Crippen molar-refractivity contribution in [3.05, 3.63) is 209 Å². The molecule has 26 rings (SSSR count). The van der Waals surface area contributed by atoms with Crippen molar-refractivity contribution >= 4 is 75.5 Å². The monoisotopic (exact) mass is 2060 g/mol. The summed E-state index contributed by atoms with van der Waals surface area (Å²) >= 11 is 18.9. The minimum atomic E-state index is -0.573. The fourth-order valence-corrected chi connectivity index (χ4v) is 30.4. The van der Waals surface area contributed by atoms with Gasteiger partial charge in [0, 0.05) is 166 Å². The molecule has 3 N–H and O–H groups in total. The molecule has 3 saturated carbocycles. The van der Waals surface area contributed by atoms with E-state index in [0.717, 1.165) is 237 Å². The first kappa shape index (κ1) is 103. The second-order valence-electron chi connectivity index (χ2n) is 47.7. The summed E-state index contributed by atoms with van der Waals surface area (Å²) in [4.78, 5) is 67.9. The Balaban J connectivity index is 0.000000129. The molecular formula is C120H153Cl3F3N9O11. The fraction of sp³-hybridized carbons (Fsp3) is 0.617. The molecule has 0 radical (unpaired) electrons. The summed E-state index contributed by atoms with van der Waals surface area (Å²) in [6, 6.07) is 29.2. The number of allylic oxidation sites excluding steroid dienone is 3. The SMILES string of the molecule is CCC[C@]1(OC)C2=C[C@@H](C2)[C@H](C)[C@@H](C)CNC(=O)c2ccc3c(c2)N(C[C@@H]2CC[C@H]21)C[C@@]1(CCCc2c1ccc(Cl)c2F)CO3.CO[C@@]1(CN(C)C(C)=O)C2=C[C@@H](C2)[C@H](C)[C@@H](C)CNC(=O)c2ccc3c(c2)N(C[C@@H]2CC[C@H]21)C[C@@]1(CCCc2c1ccc(Cl)c2F)CO3.CO[C@@]1(CN2CCN3CCOC[C@@H]3C2)C2=C[C@@H](C2)[C@H](C)[C@@H](C)CNC(=O)c2ccc3c(c2)N(C[C@@H]2CC[C@H]21)C[C@@]1(CCCc2c1ccc(Cl)c2F)CO3. The van der Waals surface area contributed by atoms with Crippen LogP contribution in [0.4, 0.5) is 30.2 Å². The summed E-state index contributed by atoms with van der Waals surface area (Å²) in [5.41, 5.74) is 11.7. The lowest BCUT2D eigenvalue weighted by atomic mass is 9.56. The average molecular weight is 2060 g/mol. The normalized spacial score (nSPS) is 34.4. The molecule has 11 aliphatic heterocycles. The van der Waals surface area contributed by atoms with Gasteiger partial charge in [-0.3, -0.25) is 29.0 Å². The molecular weight excluding hydrogens is 1910 g/mol. The van der Waals surface area contributed by atoms with Crippen molar-refractivity contribution in [3.63, 3.8) is 0 Å². The minimum absolute atomic E-state index is 0.0278. The highest BCUT2D eigenvalue weighted by Crippen LogP contribution is 2.61. The van der Waals surface area contributed by atoms with Crippen LogP contribution in [0.1, 0.15) is 229 Å². The van der Waals surface area contributed by atoms with Gasteiger partial charge in [-0.2, -0.15) is 0 Å². The number of amides is 4.